The Hall–Kier alpha value is -3.41. The topological polar surface area (TPSA) is 86.3 Å². The smallest absolute Gasteiger partial charge is 0.287 e. The molecule has 3 rings (SSSR count). The largest absolute Gasteiger partial charge is 0.350 e. The highest BCUT2D eigenvalue weighted by Crippen LogP contribution is 2.20. The van der Waals surface area contributed by atoms with Gasteiger partial charge in [0.15, 0.2) is 0 Å². The van der Waals surface area contributed by atoms with Crippen LogP contribution in [-0.2, 0) is 0 Å². The number of anilines is 1. The quantitative estimate of drug-likeness (QED) is 0.492. The van der Waals surface area contributed by atoms with Gasteiger partial charge in [-0.15, -0.1) is 0 Å². The van der Waals surface area contributed by atoms with Crippen LogP contribution in [0.1, 0.15) is 34.2 Å². The summed E-state index contributed by atoms with van der Waals surface area (Å²) in [7, 11) is 0. The Morgan fingerprint density at radius 3 is 2.64 bits per heavy atom. The van der Waals surface area contributed by atoms with Crippen LogP contribution in [0.4, 0.5) is 5.69 Å². The van der Waals surface area contributed by atoms with E-state index in [1.54, 1.807) is 30.5 Å². The summed E-state index contributed by atoms with van der Waals surface area (Å²) < 4.78 is 0. The number of nitrogens with zero attached hydrogens (tertiary/aromatic N) is 1. The predicted molar refractivity (Wildman–Crippen MR) is 98.9 cm³/mol. The highest BCUT2D eigenvalue weighted by molar-refractivity contribution is 6.05. The fourth-order valence-corrected chi connectivity index (χ4v) is 2.38. The molecular formula is C19H18N4O2. The number of nitrogens with one attached hydrogen (secondary N) is 3. The van der Waals surface area contributed by atoms with Crippen LogP contribution in [0, 0.1) is 0 Å². The molecule has 0 unspecified atom stereocenters. The summed E-state index contributed by atoms with van der Waals surface area (Å²) in [6.07, 6.45) is 2.37. The summed E-state index contributed by atoms with van der Waals surface area (Å²) in [5.41, 5.74) is 4.93. The third-order valence-corrected chi connectivity index (χ3v) is 3.60. The van der Waals surface area contributed by atoms with E-state index in [0.717, 1.165) is 17.3 Å². The number of hydrogen-bond acceptors (Lipinski definition) is 3. The Morgan fingerprint density at radius 1 is 1.08 bits per heavy atom. The summed E-state index contributed by atoms with van der Waals surface area (Å²) in [4.78, 5) is 27.3. The zero-order chi connectivity index (χ0) is 17.6. The molecule has 25 heavy (non-hydrogen) atoms. The number of amides is 2. The Labute approximate surface area is 144 Å². The second-order valence-electron chi connectivity index (χ2n) is 5.47. The van der Waals surface area contributed by atoms with Crippen LogP contribution in [0.5, 0.6) is 0 Å². The molecule has 2 aromatic carbocycles. The molecule has 1 aromatic heterocycles. The van der Waals surface area contributed by atoms with Crippen molar-refractivity contribution in [3.63, 3.8) is 0 Å². The van der Waals surface area contributed by atoms with Crippen molar-refractivity contribution < 1.29 is 9.59 Å². The predicted octanol–water partition coefficient (Wildman–Crippen LogP) is 3.55. The number of H-pyrrole nitrogens is 1. The third-order valence-electron chi connectivity index (χ3n) is 3.60. The van der Waals surface area contributed by atoms with Crippen LogP contribution in [-0.4, -0.2) is 23.0 Å². The number of rotatable bonds is 5. The lowest BCUT2D eigenvalue weighted by Gasteiger charge is -2.05. The Kier molecular flexibility index (Phi) is 4.89. The molecule has 3 N–H and O–H groups in total. The molecule has 6 nitrogen and oxygen atoms in total. The first-order valence-corrected chi connectivity index (χ1v) is 7.98. The third kappa shape index (κ3) is 3.92. The summed E-state index contributed by atoms with van der Waals surface area (Å²) in [6.45, 7) is 1.93. The highest BCUT2D eigenvalue weighted by atomic mass is 16.2. The minimum atomic E-state index is -0.309. The number of benzene rings is 2. The fourth-order valence-electron chi connectivity index (χ4n) is 2.38. The lowest BCUT2D eigenvalue weighted by molar-refractivity contribution is 0.0950. The van der Waals surface area contributed by atoms with Gasteiger partial charge < -0.3 is 10.3 Å². The van der Waals surface area contributed by atoms with Gasteiger partial charge in [0.25, 0.3) is 11.8 Å². The van der Waals surface area contributed by atoms with E-state index in [2.05, 4.69) is 20.8 Å². The van der Waals surface area contributed by atoms with Crippen molar-refractivity contribution >= 4 is 34.6 Å². The van der Waals surface area contributed by atoms with Crippen molar-refractivity contribution in [2.75, 3.05) is 5.32 Å². The van der Waals surface area contributed by atoms with Crippen LogP contribution in [0.15, 0.2) is 59.7 Å². The molecule has 3 aromatic rings. The van der Waals surface area contributed by atoms with Crippen LogP contribution in [0.25, 0.3) is 10.9 Å². The summed E-state index contributed by atoms with van der Waals surface area (Å²) >= 11 is 0. The van der Waals surface area contributed by atoms with Gasteiger partial charge in [0.2, 0.25) is 0 Å². The molecule has 0 fully saturated rings. The Bertz CT molecular complexity index is 929. The van der Waals surface area contributed by atoms with E-state index in [1.807, 2.05) is 37.3 Å². The maximum Gasteiger partial charge on any atom is 0.287 e. The maximum absolute atomic E-state index is 12.2. The average molecular weight is 334 g/mol. The zero-order valence-corrected chi connectivity index (χ0v) is 13.7. The molecule has 0 aliphatic heterocycles. The molecule has 0 aliphatic rings. The van der Waals surface area contributed by atoms with Gasteiger partial charge in [-0.3, -0.25) is 9.59 Å². The van der Waals surface area contributed by atoms with E-state index < -0.39 is 0 Å². The van der Waals surface area contributed by atoms with Crippen molar-refractivity contribution in [3.05, 3.63) is 65.9 Å². The van der Waals surface area contributed by atoms with Gasteiger partial charge in [-0.1, -0.05) is 25.1 Å². The van der Waals surface area contributed by atoms with Gasteiger partial charge in [0.05, 0.1) is 0 Å². The minimum absolute atomic E-state index is 0.178. The molecule has 0 aliphatic carbocycles. The normalized spacial score (nSPS) is 10.9. The van der Waals surface area contributed by atoms with E-state index in [4.69, 9.17) is 0 Å². The standard InChI is InChI=1S/C19H18N4O2/c1-2-10-20-23-19(25)17-12-14-11-15(8-9-16(14)22-17)21-18(24)13-6-4-3-5-7-13/h3-12,22H,2H2,1H3,(H,21,24)(H,23,25). The lowest BCUT2D eigenvalue weighted by atomic mass is 10.2. The molecule has 0 atom stereocenters. The van der Waals surface area contributed by atoms with Crippen LogP contribution < -0.4 is 10.7 Å². The first kappa shape index (κ1) is 16.4. The van der Waals surface area contributed by atoms with Crippen molar-refractivity contribution in [2.24, 2.45) is 5.10 Å². The minimum Gasteiger partial charge on any atom is -0.350 e. The highest BCUT2D eigenvalue weighted by Gasteiger charge is 2.10. The SMILES string of the molecule is CCC=NNC(=O)c1cc2cc(NC(=O)c3ccccc3)ccc2[nH]1. The molecule has 0 bridgehead atoms. The monoisotopic (exact) mass is 334 g/mol. The number of aromatic amines is 1. The van der Waals surface area contributed by atoms with Gasteiger partial charge in [-0.05, 0) is 42.8 Å². The molecular weight excluding hydrogens is 316 g/mol. The second-order valence-corrected chi connectivity index (χ2v) is 5.47. The molecule has 1 heterocycles. The molecule has 0 saturated heterocycles. The lowest BCUT2D eigenvalue weighted by Crippen LogP contribution is -2.17. The first-order chi connectivity index (χ1) is 12.2. The average Bonchev–Trinajstić information content (AvgIpc) is 3.06. The summed E-state index contributed by atoms with van der Waals surface area (Å²) in [5, 5.41) is 7.51. The summed E-state index contributed by atoms with van der Waals surface area (Å²) in [5.74, 6) is -0.488. The number of hydrazone groups is 1. The van der Waals surface area contributed by atoms with E-state index in [9.17, 15) is 9.59 Å². The maximum atomic E-state index is 12.2. The van der Waals surface area contributed by atoms with Gasteiger partial charge >= 0.3 is 0 Å². The van der Waals surface area contributed by atoms with Crippen molar-refractivity contribution in [2.45, 2.75) is 13.3 Å². The van der Waals surface area contributed by atoms with Crippen LogP contribution >= 0.6 is 0 Å². The second kappa shape index (κ2) is 7.44. The molecule has 0 saturated carbocycles. The van der Waals surface area contributed by atoms with Gasteiger partial charge in [-0.25, -0.2) is 5.43 Å². The molecule has 0 radical (unpaired) electrons. The summed E-state index contributed by atoms with van der Waals surface area (Å²) in [6, 6.07) is 16.2. The van der Waals surface area contributed by atoms with Crippen molar-refractivity contribution in [1.29, 1.82) is 0 Å². The molecule has 2 amide bonds. The first-order valence-electron chi connectivity index (χ1n) is 7.98. The van der Waals surface area contributed by atoms with Gasteiger partial charge in [-0.2, -0.15) is 5.10 Å². The number of carbonyl (C=O) groups excluding carboxylic acids is 2. The fraction of sp³-hybridized carbons (Fsp3) is 0.105. The molecule has 0 spiro atoms. The Morgan fingerprint density at radius 2 is 1.88 bits per heavy atom. The van der Waals surface area contributed by atoms with Crippen molar-refractivity contribution in [3.8, 4) is 0 Å². The van der Waals surface area contributed by atoms with Crippen LogP contribution in [0.2, 0.25) is 0 Å². The number of fused-ring (bicyclic) bond motifs is 1. The van der Waals surface area contributed by atoms with Crippen molar-refractivity contribution in [1.82, 2.24) is 10.4 Å². The molecule has 126 valence electrons. The van der Waals surface area contributed by atoms with Gasteiger partial charge in [0.1, 0.15) is 5.69 Å². The zero-order valence-electron chi connectivity index (χ0n) is 13.7. The van der Waals surface area contributed by atoms with Gasteiger partial charge in [0, 0.05) is 28.4 Å². The number of aromatic nitrogens is 1. The molecule has 6 heteroatoms. The van der Waals surface area contributed by atoms with E-state index >= 15 is 0 Å². The van der Waals surface area contributed by atoms with E-state index in [0.29, 0.717) is 16.9 Å². The van der Waals surface area contributed by atoms with E-state index in [1.165, 1.54) is 0 Å². The van der Waals surface area contributed by atoms with E-state index in [-0.39, 0.29) is 11.8 Å². The number of hydrogen-bond donors (Lipinski definition) is 3. The Balaban J connectivity index is 1.77. The van der Waals surface area contributed by atoms with Crippen LogP contribution in [0.3, 0.4) is 0 Å². The number of carbonyl (C=O) groups is 2.